The summed E-state index contributed by atoms with van der Waals surface area (Å²) in [5.74, 6) is 0.779. The van der Waals surface area contributed by atoms with Gasteiger partial charge in [-0.05, 0) is 49.3 Å². The van der Waals surface area contributed by atoms with Gasteiger partial charge >= 0.3 is 0 Å². The van der Waals surface area contributed by atoms with Gasteiger partial charge in [0.05, 0.1) is 12.7 Å². The largest absolute Gasteiger partial charge is 0.372 e. The van der Waals surface area contributed by atoms with Gasteiger partial charge in [0.25, 0.3) is 0 Å². The monoisotopic (exact) mass is 287 g/mol. The third-order valence-electron chi connectivity index (χ3n) is 5.14. The molecule has 1 fully saturated rings. The van der Waals surface area contributed by atoms with E-state index in [2.05, 4.69) is 36.5 Å². The Morgan fingerprint density at radius 3 is 2.81 bits per heavy atom. The molecule has 1 aliphatic carbocycles. The molecular formula is C19H29NO. The highest BCUT2D eigenvalue weighted by Crippen LogP contribution is 2.37. The normalized spacial score (nSPS) is 24.5. The molecule has 1 aromatic carbocycles. The molecule has 1 N–H and O–H groups in total. The molecule has 2 nitrogen and oxygen atoms in total. The minimum Gasteiger partial charge on any atom is -0.372 e. The van der Waals surface area contributed by atoms with Gasteiger partial charge in [0.2, 0.25) is 0 Å². The van der Waals surface area contributed by atoms with Crippen molar-refractivity contribution in [2.45, 2.75) is 64.0 Å². The number of hydrogen-bond donors (Lipinski definition) is 1. The standard InChI is InChI=1S/C19H29NO/c1-2-13-20-18(16-9-4-3-5-10-16)19-17-11-7-6-8-15(17)12-14-21-19/h6-8,11,16,18-20H,2-5,9-10,12-14H2,1H3. The lowest BCUT2D eigenvalue weighted by Gasteiger charge is -2.39. The first-order valence-electron chi connectivity index (χ1n) is 8.83. The minimum absolute atomic E-state index is 0.254. The predicted molar refractivity (Wildman–Crippen MR) is 87.5 cm³/mol. The zero-order valence-corrected chi connectivity index (χ0v) is 13.3. The van der Waals surface area contributed by atoms with Crippen LogP contribution >= 0.6 is 0 Å². The van der Waals surface area contributed by atoms with Gasteiger partial charge in [-0.2, -0.15) is 0 Å². The van der Waals surface area contributed by atoms with E-state index in [1.165, 1.54) is 49.7 Å². The summed E-state index contributed by atoms with van der Waals surface area (Å²) in [5, 5.41) is 3.82. The summed E-state index contributed by atoms with van der Waals surface area (Å²) in [6.45, 7) is 4.22. The molecule has 0 aromatic heterocycles. The van der Waals surface area contributed by atoms with Gasteiger partial charge in [-0.1, -0.05) is 50.5 Å². The average Bonchev–Trinajstić information content (AvgIpc) is 2.56. The van der Waals surface area contributed by atoms with Crippen molar-refractivity contribution in [2.24, 2.45) is 5.92 Å². The number of benzene rings is 1. The molecule has 2 aliphatic rings. The molecule has 0 bridgehead atoms. The van der Waals surface area contributed by atoms with Crippen LogP contribution in [0.2, 0.25) is 0 Å². The van der Waals surface area contributed by atoms with Gasteiger partial charge in [-0.3, -0.25) is 0 Å². The van der Waals surface area contributed by atoms with Crippen molar-refractivity contribution in [3.05, 3.63) is 35.4 Å². The fourth-order valence-corrected chi connectivity index (χ4v) is 4.05. The summed E-state index contributed by atoms with van der Waals surface area (Å²) in [5.41, 5.74) is 2.93. The highest BCUT2D eigenvalue weighted by molar-refractivity contribution is 5.32. The van der Waals surface area contributed by atoms with Gasteiger partial charge in [0.15, 0.2) is 0 Å². The van der Waals surface area contributed by atoms with Gasteiger partial charge in [-0.25, -0.2) is 0 Å². The van der Waals surface area contributed by atoms with Crippen LogP contribution in [-0.4, -0.2) is 19.2 Å². The molecule has 0 spiro atoms. The maximum atomic E-state index is 6.25. The van der Waals surface area contributed by atoms with Crippen LogP contribution in [0.1, 0.15) is 62.7 Å². The fourth-order valence-electron chi connectivity index (χ4n) is 4.05. The zero-order chi connectivity index (χ0) is 14.5. The topological polar surface area (TPSA) is 21.3 Å². The zero-order valence-electron chi connectivity index (χ0n) is 13.3. The highest BCUT2D eigenvalue weighted by atomic mass is 16.5. The Balaban J connectivity index is 1.82. The van der Waals surface area contributed by atoms with Crippen molar-refractivity contribution in [3.63, 3.8) is 0 Å². The lowest BCUT2D eigenvalue weighted by Crippen LogP contribution is -2.44. The maximum Gasteiger partial charge on any atom is 0.0983 e. The maximum absolute atomic E-state index is 6.25. The number of ether oxygens (including phenoxy) is 1. The second-order valence-corrected chi connectivity index (χ2v) is 6.62. The molecule has 0 amide bonds. The summed E-state index contributed by atoms with van der Waals surface area (Å²) >= 11 is 0. The Hall–Kier alpha value is -0.860. The summed E-state index contributed by atoms with van der Waals surface area (Å²) in [6, 6.07) is 9.38. The van der Waals surface area contributed by atoms with E-state index in [1.807, 2.05) is 0 Å². The van der Waals surface area contributed by atoms with Gasteiger partial charge in [0.1, 0.15) is 0 Å². The van der Waals surface area contributed by atoms with E-state index in [1.54, 1.807) is 0 Å². The Labute approximate surface area is 129 Å². The summed E-state index contributed by atoms with van der Waals surface area (Å²) in [6.07, 6.45) is 9.44. The van der Waals surface area contributed by atoms with E-state index in [0.717, 1.165) is 25.5 Å². The molecule has 2 atom stereocenters. The van der Waals surface area contributed by atoms with Crippen LogP contribution in [0.4, 0.5) is 0 Å². The van der Waals surface area contributed by atoms with E-state index in [-0.39, 0.29) is 6.10 Å². The minimum atomic E-state index is 0.254. The van der Waals surface area contributed by atoms with Crippen molar-refractivity contribution in [1.82, 2.24) is 5.32 Å². The lowest BCUT2D eigenvalue weighted by atomic mass is 9.79. The summed E-state index contributed by atoms with van der Waals surface area (Å²) in [4.78, 5) is 0. The summed E-state index contributed by atoms with van der Waals surface area (Å²) < 4.78 is 6.25. The molecule has 1 heterocycles. The van der Waals surface area contributed by atoms with Gasteiger partial charge < -0.3 is 10.1 Å². The van der Waals surface area contributed by atoms with Crippen molar-refractivity contribution in [2.75, 3.05) is 13.2 Å². The Kier molecular flexibility index (Phi) is 5.32. The first kappa shape index (κ1) is 15.1. The molecular weight excluding hydrogens is 258 g/mol. The highest BCUT2D eigenvalue weighted by Gasteiger charge is 2.34. The number of nitrogens with one attached hydrogen (secondary N) is 1. The predicted octanol–water partition coefficient (Wildman–Crippen LogP) is 4.25. The quantitative estimate of drug-likeness (QED) is 0.874. The Morgan fingerprint density at radius 2 is 2.00 bits per heavy atom. The second kappa shape index (κ2) is 7.42. The molecule has 21 heavy (non-hydrogen) atoms. The number of fused-ring (bicyclic) bond motifs is 1. The first-order valence-corrected chi connectivity index (χ1v) is 8.83. The molecule has 0 saturated heterocycles. The molecule has 1 aromatic rings. The number of rotatable bonds is 5. The Morgan fingerprint density at radius 1 is 1.19 bits per heavy atom. The average molecular weight is 287 g/mol. The first-order chi connectivity index (χ1) is 10.4. The lowest BCUT2D eigenvalue weighted by molar-refractivity contribution is -0.00545. The van der Waals surface area contributed by atoms with Gasteiger partial charge in [-0.15, -0.1) is 0 Å². The van der Waals surface area contributed by atoms with Crippen LogP contribution in [0.5, 0.6) is 0 Å². The third kappa shape index (κ3) is 3.49. The van der Waals surface area contributed by atoms with Crippen LogP contribution in [0.3, 0.4) is 0 Å². The molecule has 1 aliphatic heterocycles. The van der Waals surface area contributed by atoms with E-state index >= 15 is 0 Å². The SMILES string of the molecule is CCCNC(C1CCCCC1)C1OCCc2ccccc21. The molecule has 1 saturated carbocycles. The van der Waals surface area contributed by atoms with Crippen LogP contribution < -0.4 is 5.32 Å². The van der Waals surface area contributed by atoms with E-state index in [0.29, 0.717) is 6.04 Å². The van der Waals surface area contributed by atoms with Gasteiger partial charge in [0, 0.05) is 6.04 Å². The smallest absolute Gasteiger partial charge is 0.0983 e. The summed E-state index contributed by atoms with van der Waals surface area (Å²) in [7, 11) is 0. The van der Waals surface area contributed by atoms with Crippen LogP contribution in [0.25, 0.3) is 0 Å². The van der Waals surface area contributed by atoms with Crippen LogP contribution in [-0.2, 0) is 11.2 Å². The molecule has 2 heteroatoms. The molecule has 116 valence electrons. The molecule has 0 radical (unpaired) electrons. The number of hydrogen-bond acceptors (Lipinski definition) is 2. The van der Waals surface area contributed by atoms with Crippen LogP contribution in [0, 0.1) is 5.92 Å². The van der Waals surface area contributed by atoms with E-state index in [9.17, 15) is 0 Å². The fraction of sp³-hybridized carbons (Fsp3) is 0.684. The third-order valence-corrected chi connectivity index (χ3v) is 5.14. The van der Waals surface area contributed by atoms with Crippen molar-refractivity contribution in [3.8, 4) is 0 Å². The second-order valence-electron chi connectivity index (χ2n) is 6.62. The van der Waals surface area contributed by atoms with Crippen molar-refractivity contribution in [1.29, 1.82) is 0 Å². The van der Waals surface area contributed by atoms with E-state index < -0.39 is 0 Å². The van der Waals surface area contributed by atoms with Crippen LogP contribution in [0.15, 0.2) is 24.3 Å². The van der Waals surface area contributed by atoms with Crippen molar-refractivity contribution >= 4 is 0 Å². The van der Waals surface area contributed by atoms with E-state index in [4.69, 9.17) is 4.74 Å². The molecule has 2 unspecified atom stereocenters. The molecule has 3 rings (SSSR count). The van der Waals surface area contributed by atoms with Crippen molar-refractivity contribution < 1.29 is 4.74 Å². The Bertz CT molecular complexity index is 439.